The van der Waals surface area contributed by atoms with Gasteiger partial charge in [0.2, 0.25) is 5.71 Å². The zero-order valence-corrected chi connectivity index (χ0v) is 13.4. The smallest absolute Gasteiger partial charge is 0.288 e. The third-order valence-electron chi connectivity index (χ3n) is 1.74. The van der Waals surface area contributed by atoms with Crippen molar-refractivity contribution in [3.8, 4) is 6.07 Å². The van der Waals surface area contributed by atoms with Crippen molar-refractivity contribution in [2.45, 2.75) is 0 Å². The molecule has 0 atom stereocenters. The van der Waals surface area contributed by atoms with Crippen molar-refractivity contribution < 1.29 is 4.79 Å². The van der Waals surface area contributed by atoms with Gasteiger partial charge in [0.25, 0.3) is 5.91 Å². The van der Waals surface area contributed by atoms with Crippen molar-refractivity contribution in [2.75, 3.05) is 5.43 Å². The van der Waals surface area contributed by atoms with Gasteiger partial charge in [-0.25, -0.2) is 5.84 Å². The van der Waals surface area contributed by atoms with E-state index in [0.29, 0.717) is 14.6 Å². The molecule has 0 saturated heterocycles. The Morgan fingerprint density at radius 2 is 1.89 bits per heavy atom. The quantitative estimate of drug-likeness (QED) is 0.291. The molecule has 0 fully saturated rings. The average Bonchev–Trinajstić information content (AvgIpc) is 2.31. The first-order valence-corrected chi connectivity index (χ1v) is 6.76. The number of nitriles is 1. The number of nitrogens with two attached hydrogens (primary N) is 1. The highest BCUT2D eigenvalue weighted by Gasteiger charge is 2.10. The molecule has 18 heavy (non-hydrogen) atoms. The van der Waals surface area contributed by atoms with Crippen molar-refractivity contribution in [3.63, 3.8) is 0 Å². The van der Waals surface area contributed by atoms with Gasteiger partial charge in [-0.05, 0) is 44.0 Å². The second-order valence-electron chi connectivity index (χ2n) is 2.90. The highest BCUT2D eigenvalue weighted by Crippen LogP contribution is 2.34. The number of nitrogens with zero attached hydrogens (tertiary/aromatic N) is 2. The molecule has 1 aromatic rings. The SMILES string of the molecule is N#CC(=NNc1c(Br)cc(Br)cc1Br)C(=O)NN. The lowest BCUT2D eigenvalue weighted by atomic mass is 10.3. The Morgan fingerprint density at radius 3 is 2.33 bits per heavy atom. The van der Waals surface area contributed by atoms with Gasteiger partial charge in [0.1, 0.15) is 6.07 Å². The second kappa shape index (κ2) is 6.84. The number of hydrazine groups is 1. The molecule has 0 saturated carbocycles. The van der Waals surface area contributed by atoms with E-state index in [-0.39, 0.29) is 5.71 Å². The second-order valence-corrected chi connectivity index (χ2v) is 5.53. The largest absolute Gasteiger partial charge is 0.296 e. The van der Waals surface area contributed by atoms with Crippen LogP contribution < -0.4 is 16.7 Å². The van der Waals surface area contributed by atoms with Crippen LogP contribution in [-0.4, -0.2) is 11.6 Å². The highest BCUT2D eigenvalue weighted by molar-refractivity contribution is 9.11. The van der Waals surface area contributed by atoms with E-state index in [1.165, 1.54) is 0 Å². The third-order valence-corrected chi connectivity index (χ3v) is 3.45. The number of benzene rings is 1. The van der Waals surface area contributed by atoms with Crippen LogP contribution in [0.1, 0.15) is 0 Å². The summed E-state index contributed by atoms with van der Waals surface area (Å²) in [6.07, 6.45) is 0. The fourth-order valence-electron chi connectivity index (χ4n) is 0.956. The lowest BCUT2D eigenvalue weighted by molar-refractivity contribution is -0.114. The van der Waals surface area contributed by atoms with E-state index in [2.05, 4.69) is 58.3 Å². The van der Waals surface area contributed by atoms with Gasteiger partial charge in [0, 0.05) is 13.4 Å². The monoisotopic (exact) mass is 437 g/mol. The molecule has 1 amide bonds. The summed E-state index contributed by atoms with van der Waals surface area (Å²) in [7, 11) is 0. The Kier molecular flexibility index (Phi) is 5.74. The fraction of sp³-hybridized carbons (Fsp3) is 0. The predicted molar refractivity (Wildman–Crippen MR) is 78.5 cm³/mol. The van der Waals surface area contributed by atoms with Gasteiger partial charge in [0.15, 0.2) is 0 Å². The maximum absolute atomic E-state index is 11.1. The first-order valence-electron chi connectivity index (χ1n) is 4.39. The van der Waals surface area contributed by atoms with Crippen LogP contribution in [-0.2, 0) is 4.79 Å². The summed E-state index contributed by atoms with van der Waals surface area (Å²) < 4.78 is 2.27. The molecule has 1 rings (SSSR count). The summed E-state index contributed by atoms with van der Waals surface area (Å²) >= 11 is 9.97. The predicted octanol–water partition coefficient (Wildman–Crippen LogP) is 2.26. The van der Waals surface area contributed by atoms with Crippen molar-refractivity contribution >= 4 is 65.1 Å². The summed E-state index contributed by atoms with van der Waals surface area (Å²) in [5.41, 5.74) is 4.64. The van der Waals surface area contributed by atoms with Crippen LogP contribution in [0.5, 0.6) is 0 Å². The molecule has 9 heteroatoms. The number of carbonyl (C=O) groups excluding carboxylic acids is 1. The van der Waals surface area contributed by atoms with Gasteiger partial charge >= 0.3 is 0 Å². The Balaban J connectivity index is 3.03. The van der Waals surface area contributed by atoms with E-state index in [1.807, 2.05) is 5.43 Å². The van der Waals surface area contributed by atoms with E-state index >= 15 is 0 Å². The van der Waals surface area contributed by atoms with Gasteiger partial charge in [0.05, 0.1) is 5.69 Å². The summed E-state index contributed by atoms with van der Waals surface area (Å²) in [6, 6.07) is 5.21. The lowest BCUT2D eigenvalue weighted by Crippen LogP contribution is -2.36. The molecule has 0 aliphatic rings. The Hall–Kier alpha value is -0.950. The molecule has 0 aliphatic heterocycles. The van der Waals surface area contributed by atoms with Crippen LogP contribution in [0.3, 0.4) is 0 Å². The molecule has 0 unspecified atom stereocenters. The van der Waals surface area contributed by atoms with Gasteiger partial charge in [-0.2, -0.15) is 10.4 Å². The normalized spacial score (nSPS) is 10.7. The van der Waals surface area contributed by atoms with E-state index in [0.717, 1.165) is 4.47 Å². The number of carbonyl (C=O) groups is 1. The van der Waals surface area contributed by atoms with Crippen LogP contribution >= 0.6 is 47.8 Å². The van der Waals surface area contributed by atoms with E-state index in [4.69, 9.17) is 11.1 Å². The number of hydrogen-bond acceptors (Lipinski definition) is 5. The first-order chi connectivity index (χ1) is 8.49. The number of hydrogen-bond donors (Lipinski definition) is 3. The van der Waals surface area contributed by atoms with E-state index < -0.39 is 5.91 Å². The molecule has 94 valence electrons. The first kappa shape index (κ1) is 15.1. The Labute approximate surface area is 128 Å². The van der Waals surface area contributed by atoms with Gasteiger partial charge in [-0.3, -0.25) is 15.6 Å². The zero-order valence-electron chi connectivity index (χ0n) is 8.67. The van der Waals surface area contributed by atoms with Gasteiger partial charge in [-0.1, -0.05) is 15.9 Å². The third kappa shape index (κ3) is 3.78. The van der Waals surface area contributed by atoms with Crippen LogP contribution in [0.15, 0.2) is 30.7 Å². The molecule has 0 spiro atoms. The number of hydrazone groups is 1. The Morgan fingerprint density at radius 1 is 1.33 bits per heavy atom. The molecule has 0 heterocycles. The van der Waals surface area contributed by atoms with Crippen molar-refractivity contribution in [3.05, 3.63) is 25.6 Å². The van der Waals surface area contributed by atoms with Gasteiger partial charge in [-0.15, -0.1) is 0 Å². The maximum Gasteiger partial charge on any atom is 0.296 e. The number of halogens is 3. The maximum atomic E-state index is 11.1. The van der Waals surface area contributed by atoms with E-state index in [9.17, 15) is 4.79 Å². The molecule has 0 radical (unpaired) electrons. The zero-order chi connectivity index (χ0) is 13.7. The summed E-state index contributed by atoms with van der Waals surface area (Å²) in [5.74, 6) is 4.14. The number of anilines is 1. The van der Waals surface area contributed by atoms with Crippen molar-refractivity contribution in [1.82, 2.24) is 5.43 Å². The molecule has 0 aliphatic carbocycles. The van der Waals surface area contributed by atoms with Crippen LogP contribution in [0, 0.1) is 11.3 Å². The fourth-order valence-corrected chi connectivity index (χ4v) is 3.39. The van der Waals surface area contributed by atoms with Crippen LogP contribution in [0.4, 0.5) is 5.69 Å². The summed E-state index contributed by atoms with van der Waals surface area (Å²) in [6.45, 7) is 0. The lowest BCUT2D eigenvalue weighted by Gasteiger charge is -2.07. The molecular weight excluding hydrogens is 434 g/mol. The van der Waals surface area contributed by atoms with E-state index in [1.54, 1.807) is 18.2 Å². The topological polar surface area (TPSA) is 103 Å². The minimum absolute atomic E-state index is 0.376. The summed E-state index contributed by atoms with van der Waals surface area (Å²) in [4.78, 5) is 11.1. The molecule has 1 aromatic carbocycles. The molecular formula is C9H6Br3N5O. The Bertz CT molecular complexity index is 529. The molecule has 0 bridgehead atoms. The molecule has 4 N–H and O–H groups in total. The number of nitrogens with one attached hydrogen (secondary N) is 2. The van der Waals surface area contributed by atoms with Crippen molar-refractivity contribution in [2.24, 2.45) is 10.9 Å². The van der Waals surface area contributed by atoms with Crippen LogP contribution in [0.2, 0.25) is 0 Å². The van der Waals surface area contributed by atoms with Crippen molar-refractivity contribution in [1.29, 1.82) is 5.26 Å². The number of rotatable bonds is 3. The minimum atomic E-state index is -0.769. The average molecular weight is 440 g/mol. The standard InChI is InChI=1S/C9H6Br3N5O/c10-4-1-5(11)8(6(12)2-4)17-16-7(3-13)9(18)15-14/h1-2,17H,14H2,(H,15,18). The highest BCUT2D eigenvalue weighted by atomic mass is 79.9. The van der Waals surface area contributed by atoms with Crippen LogP contribution in [0.25, 0.3) is 0 Å². The minimum Gasteiger partial charge on any atom is -0.288 e. The van der Waals surface area contributed by atoms with Gasteiger partial charge < -0.3 is 0 Å². The molecule has 6 nitrogen and oxygen atoms in total. The number of amides is 1. The summed E-state index contributed by atoms with van der Waals surface area (Å²) in [5, 5.41) is 12.4. The molecule has 0 aromatic heterocycles.